The highest BCUT2D eigenvalue weighted by Crippen LogP contribution is 2.21. The van der Waals surface area contributed by atoms with Gasteiger partial charge in [0.2, 0.25) is 0 Å². The van der Waals surface area contributed by atoms with Gasteiger partial charge in [0.15, 0.2) is 0 Å². The molecule has 2 aromatic rings. The van der Waals surface area contributed by atoms with E-state index in [0.717, 1.165) is 6.42 Å². The van der Waals surface area contributed by atoms with E-state index in [0.29, 0.717) is 5.02 Å². The minimum Gasteiger partial charge on any atom is -0.350 e. The number of rotatable bonds is 6. The van der Waals surface area contributed by atoms with Gasteiger partial charge in [0, 0.05) is 11.1 Å². The quantitative estimate of drug-likeness (QED) is 0.819. The zero-order valence-corrected chi connectivity index (χ0v) is 15.0. The van der Waals surface area contributed by atoms with Gasteiger partial charge in [-0.25, -0.2) is 8.42 Å². The zero-order chi connectivity index (χ0) is 17.7. The maximum Gasteiger partial charge on any atom is 0.261 e. The van der Waals surface area contributed by atoms with Gasteiger partial charge >= 0.3 is 0 Å². The molecule has 0 spiro atoms. The van der Waals surface area contributed by atoms with Crippen LogP contribution < -0.4 is 10.0 Å². The molecule has 1 atom stereocenters. The van der Waals surface area contributed by atoms with E-state index in [1.165, 1.54) is 24.3 Å². The predicted molar refractivity (Wildman–Crippen MR) is 95.9 cm³/mol. The van der Waals surface area contributed by atoms with Gasteiger partial charge < -0.3 is 5.32 Å². The van der Waals surface area contributed by atoms with Crippen molar-refractivity contribution in [2.45, 2.75) is 31.2 Å². The van der Waals surface area contributed by atoms with Gasteiger partial charge in [-0.3, -0.25) is 9.52 Å². The summed E-state index contributed by atoms with van der Waals surface area (Å²) in [6.45, 7) is 3.85. The highest BCUT2D eigenvalue weighted by molar-refractivity contribution is 7.92. The molecule has 128 valence electrons. The van der Waals surface area contributed by atoms with Crippen LogP contribution in [0.1, 0.15) is 30.6 Å². The molecule has 0 bridgehead atoms. The number of hydrogen-bond donors (Lipinski definition) is 2. The second kappa shape index (κ2) is 7.68. The highest BCUT2D eigenvalue weighted by Gasteiger charge is 2.19. The van der Waals surface area contributed by atoms with Crippen LogP contribution in [0.4, 0.5) is 5.69 Å². The number of benzene rings is 2. The first-order valence-electron chi connectivity index (χ1n) is 7.51. The van der Waals surface area contributed by atoms with E-state index in [4.69, 9.17) is 11.6 Å². The van der Waals surface area contributed by atoms with Crippen molar-refractivity contribution in [1.82, 2.24) is 5.32 Å². The summed E-state index contributed by atoms with van der Waals surface area (Å²) in [5, 5.41) is 3.27. The van der Waals surface area contributed by atoms with Crippen LogP contribution in [-0.4, -0.2) is 20.4 Å². The van der Waals surface area contributed by atoms with Crippen molar-refractivity contribution >= 4 is 33.2 Å². The zero-order valence-electron chi connectivity index (χ0n) is 13.4. The maximum atomic E-state index is 12.5. The van der Waals surface area contributed by atoms with Crippen LogP contribution in [0, 0.1) is 0 Å². The molecule has 0 aromatic heterocycles. The Hall–Kier alpha value is -2.05. The van der Waals surface area contributed by atoms with E-state index < -0.39 is 10.0 Å². The monoisotopic (exact) mass is 366 g/mol. The lowest BCUT2D eigenvalue weighted by molar-refractivity contribution is 0.0940. The molecule has 0 radical (unpaired) electrons. The van der Waals surface area contributed by atoms with Gasteiger partial charge in [-0.2, -0.15) is 0 Å². The fraction of sp³-hybridized carbons (Fsp3) is 0.235. The summed E-state index contributed by atoms with van der Waals surface area (Å²) < 4.78 is 27.4. The molecule has 7 heteroatoms. The first kappa shape index (κ1) is 18.3. The molecule has 0 aliphatic carbocycles. The van der Waals surface area contributed by atoms with Crippen molar-refractivity contribution in [3.63, 3.8) is 0 Å². The van der Waals surface area contributed by atoms with E-state index >= 15 is 0 Å². The van der Waals surface area contributed by atoms with Gasteiger partial charge in [-0.15, -0.1) is 0 Å². The Morgan fingerprint density at radius 1 is 1.12 bits per heavy atom. The van der Waals surface area contributed by atoms with Crippen LogP contribution in [-0.2, 0) is 10.0 Å². The lowest BCUT2D eigenvalue weighted by Crippen LogP contribution is -2.32. The van der Waals surface area contributed by atoms with E-state index in [9.17, 15) is 13.2 Å². The predicted octanol–water partition coefficient (Wildman–Crippen LogP) is 3.67. The average molecular weight is 367 g/mol. The summed E-state index contributed by atoms with van der Waals surface area (Å²) in [5.41, 5.74) is 0.503. The topological polar surface area (TPSA) is 75.3 Å². The molecule has 2 aromatic carbocycles. The first-order chi connectivity index (χ1) is 11.3. The van der Waals surface area contributed by atoms with Crippen molar-refractivity contribution in [2.75, 3.05) is 4.72 Å². The number of sulfonamides is 1. The lowest BCUT2D eigenvalue weighted by atomic mass is 10.1. The largest absolute Gasteiger partial charge is 0.350 e. The van der Waals surface area contributed by atoms with E-state index in [2.05, 4.69) is 10.0 Å². The van der Waals surface area contributed by atoms with E-state index in [-0.39, 0.29) is 28.1 Å². The summed E-state index contributed by atoms with van der Waals surface area (Å²) >= 11 is 5.78. The molecule has 0 aliphatic rings. The molecule has 1 unspecified atom stereocenters. The molecular formula is C17H19ClN2O3S. The van der Waals surface area contributed by atoms with Gasteiger partial charge in [0.1, 0.15) is 0 Å². The Bertz CT molecular complexity index is 820. The van der Waals surface area contributed by atoms with Crippen molar-refractivity contribution < 1.29 is 13.2 Å². The highest BCUT2D eigenvalue weighted by atomic mass is 35.5. The molecule has 0 saturated heterocycles. The van der Waals surface area contributed by atoms with Crippen molar-refractivity contribution in [2.24, 2.45) is 0 Å². The smallest absolute Gasteiger partial charge is 0.261 e. The third-order valence-electron chi connectivity index (χ3n) is 3.53. The Morgan fingerprint density at radius 2 is 1.75 bits per heavy atom. The number of anilines is 1. The third kappa shape index (κ3) is 4.49. The third-order valence-corrected chi connectivity index (χ3v) is 5.16. The molecule has 0 fully saturated rings. The van der Waals surface area contributed by atoms with Gasteiger partial charge in [0.25, 0.3) is 15.9 Å². The van der Waals surface area contributed by atoms with Crippen LogP contribution >= 0.6 is 11.6 Å². The van der Waals surface area contributed by atoms with E-state index in [1.807, 2.05) is 13.8 Å². The standard InChI is InChI=1S/C17H19ClN2O3S/c1-3-12(2)19-17(21)15-6-4-5-7-16(15)20-24(22,23)14-10-8-13(18)9-11-14/h4-12,20H,3H2,1-2H3,(H,19,21). The van der Waals surface area contributed by atoms with Crippen LogP contribution in [0.15, 0.2) is 53.4 Å². The Kier molecular flexibility index (Phi) is 5.85. The summed E-state index contributed by atoms with van der Waals surface area (Å²) in [7, 11) is -3.81. The molecule has 2 rings (SSSR count). The molecule has 5 nitrogen and oxygen atoms in total. The normalized spacial score (nSPS) is 12.5. The van der Waals surface area contributed by atoms with Crippen LogP contribution in [0.5, 0.6) is 0 Å². The molecule has 0 heterocycles. The summed E-state index contributed by atoms with van der Waals surface area (Å²) in [4.78, 5) is 12.4. The first-order valence-corrected chi connectivity index (χ1v) is 9.38. The fourth-order valence-corrected chi connectivity index (χ4v) is 3.20. The fourth-order valence-electron chi connectivity index (χ4n) is 1.99. The lowest BCUT2D eigenvalue weighted by Gasteiger charge is -2.15. The minimum atomic E-state index is -3.81. The van der Waals surface area contributed by atoms with Crippen LogP contribution in [0.2, 0.25) is 5.02 Å². The second-order valence-corrected chi connectivity index (χ2v) is 7.51. The number of para-hydroxylation sites is 1. The molecule has 1 amide bonds. The maximum absolute atomic E-state index is 12.5. The Morgan fingerprint density at radius 3 is 2.38 bits per heavy atom. The Balaban J connectivity index is 2.30. The molecule has 0 aliphatic heterocycles. The number of carbonyl (C=O) groups is 1. The van der Waals surface area contributed by atoms with Crippen molar-refractivity contribution in [3.05, 3.63) is 59.1 Å². The molecular weight excluding hydrogens is 348 g/mol. The van der Waals surface area contributed by atoms with Crippen molar-refractivity contribution in [3.8, 4) is 0 Å². The number of amides is 1. The summed E-state index contributed by atoms with van der Waals surface area (Å²) in [6.07, 6.45) is 0.782. The number of hydrogen-bond acceptors (Lipinski definition) is 3. The van der Waals surface area contributed by atoms with E-state index in [1.54, 1.807) is 24.3 Å². The van der Waals surface area contributed by atoms with Crippen molar-refractivity contribution in [1.29, 1.82) is 0 Å². The van der Waals surface area contributed by atoms with Gasteiger partial charge in [-0.1, -0.05) is 30.7 Å². The molecule has 24 heavy (non-hydrogen) atoms. The molecule has 0 saturated carbocycles. The average Bonchev–Trinajstić information content (AvgIpc) is 2.55. The number of halogens is 1. The SMILES string of the molecule is CCC(C)NC(=O)c1ccccc1NS(=O)(=O)c1ccc(Cl)cc1. The van der Waals surface area contributed by atoms with Gasteiger partial charge in [-0.05, 0) is 49.7 Å². The number of carbonyl (C=O) groups excluding carboxylic acids is 1. The second-order valence-electron chi connectivity index (χ2n) is 5.39. The van der Waals surface area contributed by atoms with Crippen LogP contribution in [0.3, 0.4) is 0 Å². The van der Waals surface area contributed by atoms with Crippen LogP contribution in [0.25, 0.3) is 0 Å². The number of nitrogens with one attached hydrogen (secondary N) is 2. The Labute approximate surface area is 147 Å². The summed E-state index contributed by atoms with van der Waals surface area (Å²) in [5.74, 6) is -0.321. The molecule has 2 N–H and O–H groups in total. The summed E-state index contributed by atoms with van der Waals surface area (Å²) in [6, 6.07) is 12.3. The minimum absolute atomic E-state index is 0.00146. The van der Waals surface area contributed by atoms with Gasteiger partial charge in [0.05, 0.1) is 16.1 Å².